The minimum atomic E-state index is -0.786. The van der Waals surface area contributed by atoms with Gasteiger partial charge in [0.25, 0.3) is 5.56 Å². The third-order valence-corrected chi connectivity index (χ3v) is 7.76. The van der Waals surface area contributed by atoms with E-state index in [-0.39, 0.29) is 18.1 Å². The number of carbonyl (C=O) groups is 1. The molecule has 0 bridgehead atoms. The zero-order valence-corrected chi connectivity index (χ0v) is 24.4. The van der Waals surface area contributed by atoms with Crippen molar-refractivity contribution in [3.63, 3.8) is 0 Å². The van der Waals surface area contributed by atoms with E-state index in [4.69, 9.17) is 18.9 Å². The first-order valence-corrected chi connectivity index (χ1v) is 13.6. The number of nitrogens with zero attached hydrogens (tertiary/aromatic N) is 2. The van der Waals surface area contributed by atoms with Crippen LogP contribution in [0.15, 0.2) is 51.4 Å². The van der Waals surface area contributed by atoms with Crippen LogP contribution in [0.5, 0.6) is 17.2 Å². The summed E-state index contributed by atoms with van der Waals surface area (Å²) in [5.41, 5.74) is 4.13. The molecule has 1 aliphatic rings. The molecule has 4 rings (SSSR count). The molecule has 0 saturated heterocycles. The SMILES string of the molecule is CCOC(=O)C1=C(C)N=c2s/c(=C\c3cc(C(C)C)c(OC)cc3C)c(=O)n2C1c1ccc(OC)cc1OC. The van der Waals surface area contributed by atoms with Crippen LogP contribution < -0.4 is 29.1 Å². The monoisotopic (exact) mass is 550 g/mol. The maximum Gasteiger partial charge on any atom is 0.338 e. The van der Waals surface area contributed by atoms with Crippen LogP contribution in [-0.4, -0.2) is 38.5 Å². The van der Waals surface area contributed by atoms with Gasteiger partial charge in [0.2, 0.25) is 0 Å². The Hall–Kier alpha value is -3.85. The quantitative estimate of drug-likeness (QED) is 0.390. The van der Waals surface area contributed by atoms with Crippen molar-refractivity contribution in [2.75, 3.05) is 27.9 Å². The molecule has 1 aliphatic heterocycles. The first kappa shape index (κ1) is 28.2. The van der Waals surface area contributed by atoms with Gasteiger partial charge in [0, 0.05) is 11.6 Å². The number of hydrogen-bond acceptors (Lipinski definition) is 8. The highest BCUT2D eigenvalue weighted by Gasteiger charge is 2.35. The number of hydrogen-bond donors (Lipinski definition) is 0. The first-order valence-electron chi connectivity index (χ1n) is 12.7. The van der Waals surface area contributed by atoms with Crippen LogP contribution in [0.3, 0.4) is 0 Å². The largest absolute Gasteiger partial charge is 0.497 e. The van der Waals surface area contributed by atoms with Gasteiger partial charge in [0.1, 0.15) is 23.3 Å². The highest BCUT2D eigenvalue weighted by molar-refractivity contribution is 7.07. The van der Waals surface area contributed by atoms with E-state index in [1.807, 2.05) is 19.1 Å². The van der Waals surface area contributed by atoms with Gasteiger partial charge in [-0.05, 0) is 73.7 Å². The number of thiazole rings is 1. The molecule has 0 radical (unpaired) electrons. The van der Waals surface area contributed by atoms with Crippen LogP contribution in [0.25, 0.3) is 6.08 Å². The highest BCUT2D eigenvalue weighted by Crippen LogP contribution is 2.37. The molecule has 2 aromatic carbocycles. The van der Waals surface area contributed by atoms with Crippen molar-refractivity contribution >= 4 is 23.4 Å². The highest BCUT2D eigenvalue weighted by atomic mass is 32.1. The van der Waals surface area contributed by atoms with Gasteiger partial charge in [-0.15, -0.1) is 0 Å². The Morgan fingerprint density at radius 1 is 1.08 bits per heavy atom. The summed E-state index contributed by atoms with van der Waals surface area (Å²) in [6, 6.07) is 8.59. The number of carbonyl (C=O) groups excluding carboxylic acids is 1. The van der Waals surface area contributed by atoms with Crippen LogP contribution in [0.1, 0.15) is 61.9 Å². The lowest BCUT2D eigenvalue weighted by atomic mass is 9.95. The van der Waals surface area contributed by atoms with Gasteiger partial charge in [-0.1, -0.05) is 25.2 Å². The molecule has 0 fully saturated rings. The molecule has 0 N–H and O–H groups in total. The van der Waals surface area contributed by atoms with Gasteiger partial charge in [0.15, 0.2) is 4.80 Å². The third-order valence-electron chi connectivity index (χ3n) is 6.78. The van der Waals surface area contributed by atoms with E-state index in [0.29, 0.717) is 37.7 Å². The molecule has 0 spiro atoms. The minimum Gasteiger partial charge on any atom is -0.497 e. The smallest absolute Gasteiger partial charge is 0.338 e. The van der Waals surface area contributed by atoms with E-state index >= 15 is 0 Å². The average Bonchev–Trinajstić information content (AvgIpc) is 3.22. The summed E-state index contributed by atoms with van der Waals surface area (Å²) in [6.45, 7) is 9.90. The Labute approximate surface area is 231 Å². The van der Waals surface area contributed by atoms with E-state index in [9.17, 15) is 9.59 Å². The van der Waals surface area contributed by atoms with E-state index < -0.39 is 12.0 Å². The fourth-order valence-corrected chi connectivity index (χ4v) is 5.81. The molecule has 2 heterocycles. The van der Waals surface area contributed by atoms with Gasteiger partial charge < -0.3 is 18.9 Å². The zero-order chi connectivity index (χ0) is 28.4. The van der Waals surface area contributed by atoms with E-state index in [2.05, 4.69) is 24.9 Å². The number of benzene rings is 2. The lowest BCUT2D eigenvalue weighted by molar-refractivity contribution is -0.139. The summed E-state index contributed by atoms with van der Waals surface area (Å²) in [4.78, 5) is 32.4. The number of ether oxygens (including phenoxy) is 4. The van der Waals surface area contributed by atoms with Crippen molar-refractivity contribution in [1.29, 1.82) is 0 Å². The van der Waals surface area contributed by atoms with E-state index in [0.717, 1.165) is 22.4 Å². The summed E-state index contributed by atoms with van der Waals surface area (Å²) < 4.78 is 24.1. The number of methoxy groups -OCH3 is 3. The summed E-state index contributed by atoms with van der Waals surface area (Å²) in [6.07, 6.45) is 1.89. The molecule has 1 unspecified atom stereocenters. The standard InChI is InChI=1S/C30H34N2O6S/c1-9-38-29(34)26-18(5)31-30-32(27(26)21-11-10-20(35-6)15-24(21)37-8)28(33)25(39-30)14-19-13-22(16(2)3)23(36-7)12-17(19)4/h10-16,27H,9H2,1-8H3/b25-14-. The Balaban J connectivity index is 2.00. The predicted octanol–water partition coefficient (Wildman–Crippen LogP) is 4.26. The Kier molecular flexibility index (Phi) is 8.30. The molecule has 9 heteroatoms. The van der Waals surface area contributed by atoms with Crippen molar-refractivity contribution < 1.29 is 23.7 Å². The lowest BCUT2D eigenvalue weighted by Crippen LogP contribution is -2.40. The van der Waals surface area contributed by atoms with Crippen molar-refractivity contribution in [2.24, 2.45) is 4.99 Å². The Morgan fingerprint density at radius 2 is 1.79 bits per heavy atom. The van der Waals surface area contributed by atoms with E-state index in [1.54, 1.807) is 57.9 Å². The van der Waals surface area contributed by atoms with Gasteiger partial charge in [-0.3, -0.25) is 9.36 Å². The maximum absolute atomic E-state index is 14.0. The van der Waals surface area contributed by atoms with Crippen molar-refractivity contribution in [3.8, 4) is 17.2 Å². The normalized spacial score (nSPS) is 15.2. The third kappa shape index (κ3) is 5.23. The molecule has 3 aromatic rings. The fourth-order valence-electron chi connectivity index (χ4n) is 4.77. The molecular weight excluding hydrogens is 516 g/mol. The molecule has 1 atom stereocenters. The second kappa shape index (κ2) is 11.5. The molecule has 0 aliphatic carbocycles. The number of aryl methyl sites for hydroxylation is 1. The van der Waals surface area contributed by atoms with Gasteiger partial charge in [-0.25, -0.2) is 9.79 Å². The predicted molar refractivity (Wildman–Crippen MR) is 152 cm³/mol. The molecule has 206 valence electrons. The van der Waals surface area contributed by atoms with Gasteiger partial charge in [0.05, 0.1) is 43.7 Å². The number of allylic oxidation sites excluding steroid dienone is 1. The Morgan fingerprint density at radius 3 is 2.41 bits per heavy atom. The number of esters is 1. The van der Waals surface area contributed by atoms with Crippen LogP contribution in [-0.2, 0) is 9.53 Å². The van der Waals surface area contributed by atoms with Crippen LogP contribution in [0.4, 0.5) is 0 Å². The number of fused-ring (bicyclic) bond motifs is 1. The second-order valence-electron chi connectivity index (χ2n) is 9.52. The molecule has 8 nitrogen and oxygen atoms in total. The van der Waals surface area contributed by atoms with E-state index in [1.165, 1.54) is 11.3 Å². The molecule has 0 amide bonds. The summed E-state index contributed by atoms with van der Waals surface area (Å²) in [5, 5.41) is 0. The zero-order valence-electron chi connectivity index (χ0n) is 23.6. The van der Waals surface area contributed by atoms with Gasteiger partial charge >= 0.3 is 5.97 Å². The van der Waals surface area contributed by atoms with Crippen LogP contribution in [0.2, 0.25) is 0 Å². The van der Waals surface area contributed by atoms with Gasteiger partial charge in [-0.2, -0.15) is 0 Å². The minimum absolute atomic E-state index is 0.196. The molecule has 0 saturated carbocycles. The second-order valence-corrected chi connectivity index (χ2v) is 10.5. The molecule has 39 heavy (non-hydrogen) atoms. The fraction of sp³-hybridized carbons (Fsp3) is 0.367. The Bertz CT molecular complexity index is 1630. The summed E-state index contributed by atoms with van der Waals surface area (Å²) in [5.74, 6) is 1.62. The van der Waals surface area contributed by atoms with Crippen molar-refractivity contribution in [3.05, 3.63) is 83.5 Å². The van der Waals surface area contributed by atoms with Crippen LogP contribution in [0, 0.1) is 6.92 Å². The van der Waals surface area contributed by atoms with Crippen molar-refractivity contribution in [2.45, 2.75) is 46.6 Å². The first-order chi connectivity index (χ1) is 18.6. The molecular formula is C30H34N2O6S. The maximum atomic E-state index is 14.0. The average molecular weight is 551 g/mol. The van der Waals surface area contributed by atoms with Crippen LogP contribution >= 0.6 is 11.3 Å². The van der Waals surface area contributed by atoms with Crippen molar-refractivity contribution in [1.82, 2.24) is 4.57 Å². The molecule has 1 aromatic heterocycles. The summed E-state index contributed by atoms with van der Waals surface area (Å²) in [7, 11) is 4.77. The topological polar surface area (TPSA) is 88.4 Å². The summed E-state index contributed by atoms with van der Waals surface area (Å²) >= 11 is 1.29. The number of rotatable bonds is 8. The lowest BCUT2D eigenvalue weighted by Gasteiger charge is -2.26. The number of aromatic nitrogens is 1.